The molecule has 150 valence electrons. The number of furan rings is 1. The van der Waals surface area contributed by atoms with Crippen LogP contribution < -0.4 is 4.74 Å². The van der Waals surface area contributed by atoms with Crippen LogP contribution in [0.15, 0.2) is 40.8 Å². The van der Waals surface area contributed by atoms with Crippen molar-refractivity contribution in [3.8, 4) is 5.75 Å². The second-order valence-corrected chi connectivity index (χ2v) is 10.0. The minimum atomic E-state index is -3.13. The molecule has 0 spiro atoms. The maximum absolute atomic E-state index is 13.3. The molecule has 0 radical (unpaired) electrons. The van der Waals surface area contributed by atoms with Gasteiger partial charge < -0.3 is 14.1 Å². The third kappa shape index (κ3) is 3.81. The lowest BCUT2D eigenvalue weighted by Crippen LogP contribution is -2.40. The van der Waals surface area contributed by atoms with Gasteiger partial charge in [-0.3, -0.25) is 4.79 Å². The summed E-state index contributed by atoms with van der Waals surface area (Å²) >= 11 is 0. The highest BCUT2D eigenvalue weighted by molar-refractivity contribution is 7.91. The van der Waals surface area contributed by atoms with Gasteiger partial charge in [-0.15, -0.1) is 0 Å². The topological polar surface area (TPSA) is 76.8 Å². The molecule has 1 amide bonds. The van der Waals surface area contributed by atoms with Gasteiger partial charge in [-0.25, -0.2) is 8.42 Å². The number of methoxy groups -OCH3 is 1. The summed E-state index contributed by atoms with van der Waals surface area (Å²) in [6.07, 6.45) is 1.56. The Balaban J connectivity index is 1.62. The zero-order valence-corrected chi connectivity index (χ0v) is 16.9. The van der Waals surface area contributed by atoms with Gasteiger partial charge in [0.25, 0.3) is 5.91 Å². The molecular formula is C21H25NO5S. The van der Waals surface area contributed by atoms with Crippen molar-refractivity contribution in [2.75, 3.05) is 18.6 Å². The van der Waals surface area contributed by atoms with Gasteiger partial charge in [-0.2, -0.15) is 0 Å². The van der Waals surface area contributed by atoms with Gasteiger partial charge >= 0.3 is 0 Å². The number of amides is 1. The van der Waals surface area contributed by atoms with Crippen molar-refractivity contribution < 1.29 is 22.4 Å². The molecule has 0 N–H and O–H groups in total. The van der Waals surface area contributed by atoms with E-state index in [0.717, 1.165) is 12.2 Å². The Kier molecular flexibility index (Phi) is 4.95. The van der Waals surface area contributed by atoms with Crippen molar-refractivity contribution in [3.05, 3.63) is 53.5 Å². The first-order chi connectivity index (χ1) is 13.4. The number of hydrogen-bond acceptors (Lipinski definition) is 5. The van der Waals surface area contributed by atoms with Crippen molar-refractivity contribution in [2.45, 2.75) is 38.3 Å². The maximum Gasteiger partial charge on any atom is 0.258 e. The molecule has 1 saturated carbocycles. The second kappa shape index (κ2) is 7.28. The van der Waals surface area contributed by atoms with E-state index < -0.39 is 9.84 Å². The summed E-state index contributed by atoms with van der Waals surface area (Å²) in [7, 11) is -1.61. The summed E-state index contributed by atoms with van der Waals surface area (Å²) in [5, 5.41) is 0. The first-order valence-electron chi connectivity index (χ1n) is 9.61. The fourth-order valence-electron chi connectivity index (χ4n) is 3.93. The lowest BCUT2D eigenvalue weighted by Gasteiger charge is -2.28. The molecule has 1 saturated heterocycles. The highest BCUT2D eigenvalue weighted by Crippen LogP contribution is 2.47. The van der Waals surface area contributed by atoms with Crippen LogP contribution in [0.5, 0.6) is 5.75 Å². The Hall–Kier alpha value is -2.28. The number of carbonyl (C=O) groups excluding carboxylic acids is 1. The van der Waals surface area contributed by atoms with Gasteiger partial charge in [-0.1, -0.05) is 19.1 Å². The van der Waals surface area contributed by atoms with E-state index >= 15 is 0 Å². The summed E-state index contributed by atoms with van der Waals surface area (Å²) < 4.78 is 35.4. The zero-order valence-electron chi connectivity index (χ0n) is 16.1. The quantitative estimate of drug-likeness (QED) is 0.740. The van der Waals surface area contributed by atoms with Crippen molar-refractivity contribution in [3.63, 3.8) is 0 Å². The van der Waals surface area contributed by atoms with E-state index in [0.29, 0.717) is 35.3 Å². The summed E-state index contributed by atoms with van der Waals surface area (Å²) in [5.74, 6) is 3.05. The fourth-order valence-corrected chi connectivity index (χ4v) is 5.66. The minimum Gasteiger partial charge on any atom is -0.496 e. The molecule has 7 heteroatoms. The lowest BCUT2D eigenvalue weighted by molar-refractivity contribution is 0.0662. The van der Waals surface area contributed by atoms with E-state index in [4.69, 9.17) is 9.15 Å². The first-order valence-corrected chi connectivity index (χ1v) is 11.4. The minimum absolute atomic E-state index is 0.0128. The smallest absolute Gasteiger partial charge is 0.258 e. The number of carbonyl (C=O) groups is 1. The monoisotopic (exact) mass is 403 g/mol. The zero-order chi connectivity index (χ0) is 19.9. The molecule has 1 aromatic heterocycles. The standard InChI is InChI=1S/C21H25NO5S/c1-14-11-18(14)20-8-7-16(27-20)12-22(15-9-10-28(24,25)13-15)21(23)17-5-3-4-6-19(17)26-2/h3-8,14-15,18H,9-13H2,1-2H3. The second-order valence-electron chi connectivity index (χ2n) is 7.81. The Morgan fingerprint density at radius 1 is 1.25 bits per heavy atom. The van der Waals surface area contributed by atoms with E-state index in [9.17, 15) is 13.2 Å². The van der Waals surface area contributed by atoms with Gasteiger partial charge in [0, 0.05) is 12.0 Å². The third-order valence-electron chi connectivity index (χ3n) is 5.73. The van der Waals surface area contributed by atoms with Crippen LogP contribution in [0.1, 0.15) is 47.6 Å². The molecule has 1 aliphatic heterocycles. The van der Waals surface area contributed by atoms with Gasteiger partial charge in [-0.05, 0) is 43.0 Å². The number of nitrogens with zero attached hydrogens (tertiary/aromatic N) is 1. The highest BCUT2D eigenvalue weighted by atomic mass is 32.2. The summed E-state index contributed by atoms with van der Waals surface area (Å²) in [4.78, 5) is 15.0. The molecule has 2 fully saturated rings. The number of hydrogen-bond donors (Lipinski definition) is 0. The SMILES string of the molecule is COc1ccccc1C(=O)N(Cc1ccc(C2CC2C)o1)C1CCS(=O)(=O)C1. The Morgan fingerprint density at radius 3 is 2.64 bits per heavy atom. The molecule has 3 unspecified atom stereocenters. The van der Waals surface area contributed by atoms with Crippen molar-refractivity contribution >= 4 is 15.7 Å². The molecule has 1 aromatic carbocycles. The Labute approximate surface area is 165 Å². The van der Waals surface area contributed by atoms with E-state index in [1.54, 1.807) is 29.2 Å². The first kappa shape index (κ1) is 19.1. The number of sulfone groups is 1. The van der Waals surface area contributed by atoms with Gasteiger partial charge in [0.05, 0.1) is 30.7 Å². The van der Waals surface area contributed by atoms with Crippen molar-refractivity contribution in [1.29, 1.82) is 0 Å². The molecule has 3 atom stereocenters. The van der Waals surface area contributed by atoms with Crippen molar-refractivity contribution in [1.82, 2.24) is 4.90 Å². The molecule has 0 bridgehead atoms. The molecule has 1 aliphatic carbocycles. The van der Waals surface area contributed by atoms with Crippen LogP contribution in [0.2, 0.25) is 0 Å². The number of ether oxygens (including phenoxy) is 1. The molecule has 6 nitrogen and oxygen atoms in total. The fraction of sp³-hybridized carbons (Fsp3) is 0.476. The molecule has 2 aromatic rings. The normalized spacial score (nSPS) is 25.4. The molecule has 2 heterocycles. The van der Waals surface area contributed by atoms with Crippen LogP contribution in [0, 0.1) is 5.92 Å². The lowest BCUT2D eigenvalue weighted by atomic mass is 10.1. The third-order valence-corrected chi connectivity index (χ3v) is 7.48. The van der Waals surface area contributed by atoms with Gasteiger partial charge in [0.1, 0.15) is 17.3 Å². The van der Waals surface area contributed by atoms with E-state index in [2.05, 4.69) is 6.92 Å². The van der Waals surface area contributed by atoms with Crippen LogP contribution in [0.3, 0.4) is 0 Å². The molecule has 28 heavy (non-hydrogen) atoms. The summed E-state index contributed by atoms with van der Waals surface area (Å²) in [6.45, 7) is 2.44. The maximum atomic E-state index is 13.3. The van der Waals surface area contributed by atoms with Crippen molar-refractivity contribution in [2.24, 2.45) is 5.92 Å². The van der Waals surface area contributed by atoms with Crippen LogP contribution in [0.4, 0.5) is 0 Å². The highest BCUT2D eigenvalue weighted by Gasteiger charge is 2.38. The summed E-state index contributed by atoms with van der Waals surface area (Å²) in [5.41, 5.74) is 0.428. The number of rotatable bonds is 6. The van der Waals surface area contributed by atoms with Crippen LogP contribution in [-0.2, 0) is 16.4 Å². The van der Waals surface area contributed by atoms with E-state index in [-0.39, 0.29) is 30.0 Å². The molecular weight excluding hydrogens is 378 g/mol. The predicted molar refractivity (Wildman–Crippen MR) is 105 cm³/mol. The van der Waals surface area contributed by atoms with Gasteiger partial charge in [0.2, 0.25) is 0 Å². The van der Waals surface area contributed by atoms with E-state index in [1.165, 1.54) is 7.11 Å². The number of para-hydroxylation sites is 1. The average molecular weight is 404 g/mol. The Bertz CT molecular complexity index is 980. The Morgan fingerprint density at radius 2 is 2.00 bits per heavy atom. The van der Waals surface area contributed by atoms with Crippen LogP contribution in [-0.4, -0.2) is 43.9 Å². The van der Waals surface area contributed by atoms with Crippen LogP contribution >= 0.6 is 0 Å². The molecule has 2 aliphatic rings. The summed E-state index contributed by atoms with van der Waals surface area (Å²) in [6, 6.07) is 10.5. The van der Waals surface area contributed by atoms with E-state index in [1.807, 2.05) is 12.1 Å². The number of benzene rings is 1. The largest absolute Gasteiger partial charge is 0.496 e. The van der Waals surface area contributed by atoms with Gasteiger partial charge in [0.15, 0.2) is 9.84 Å². The predicted octanol–water partition coefficient (Wildman–Crippen LogP) is 3.24. The van der Waals surface area contributed by atoms with Crippen LogP contribution in [0.25, 0.3) is 0 Å². The molecule has 4 rings (SSSR count). The average Bonchev–Trinajstić information content (AvgIpc) is 3.06.